The fourth-order valence-corrected chi connectivity index (χ4v) is 2.97. The number of fused-ring (bicyclic) bond motifs is 1. The van der Waals surface area contributed by atoms with Crippen LogP contribution < -0.4 is 10.2 Å². The van der Waals surface area contributed by atoms with Crippen LogP contribution in [0.5, 0.6) is 0 Å². The minimum Gasteiger partial charge on any atom is -0.459 e. The highest BCUT2D eigenvalue weighted by Gasteiger charge is 2.17. The number of carbonyl (C=O) groups is 1. The molecule has 1 heterocycles. The Bertz CT molecular complexity index is 819. The van der Waals surface area contributed by atoms with Crippen LogP contribution in [0.2, 0.25) is 0 Å². The van der Waals surface area contributed by atoms with Crippen LogP contribution in [-0.2, 0) is 11.3 Å². The van der Waals surface area contributed by atoms with E-state index in [-0.39, 0.29) is 11.9 Å². The van der Waals surface area contributed by atoms with Gasteiger partial charge in [0.1, 0.15) is 17.9 Å². The predicted octanol–water partition coefficient (Wildman–Crippen LogP) is 2.63. The van der Waals surface area contributed by atoms with Crippen LogP contribution in [0.3, 0.4) is 0 Å². The highest BCUT2D eigenvalue weighted by molar-refractivity contribution is 5.79. The Balaban J connectivity index is 1.55. The zero-order valence-electron chi connectivity index (χ0n) is 15.0. The van der Waals surface area contributed by atoms with Crippen molar-refractivity contribution in [3.63, 3.8) is 0 Å². The van der Waals surface area contributed by atoms with Crippen molar-refractivity contribution in [2.75, 3.05) is 13.6 Å². The predicted molar refractivity (Wildman–Crippen MR) is 99.4 cm³/mol. The molecule has 130 valence electrons. The topological polar surface area (TPSA) is 46.7 Å². The SMILES string of the molecule is Cc1ccc(C[NH+](C)CC(=O)N[C@H](C)c2cc3ccccc3o2)cc1. The van der Waals surface area contributed by atoms with Crippen molar-refractivity contribution in [3.05, 3.63) is 71.5 Å². The summed E-state index contributed by atoms with van der Waals surface area (Å²) in [6.07, 6.45) is 0. The van der Waals surface area contributed by atoms with Gasteiger partial charge in [0, 0.05) is 10.9 Å². The Hall–Kier alpha value is -2.59. The minimum absolute atomic E-state index is 0.0255. The Labute approximate surface area is 148 Å². The van der Waals surface area contributed by atoms with E-state index in [0.717, 1.165) is 28.2 Å². The maximum absolute atomic E-state index is 12.3. The number of hydrogen-bond donors (Lipinski definition) is 2. The monoisotopic (exact) mass is 337 g/mol. The smallest absolute Gasteiger partial charge is 0.275 e. The number of benzene rings is 2. The summed E-state index contributed by atoms with van der Waals surface area (Å²) in [6.45, 7) is 5.28. The van der Waals surface area contributed by atoms with Crippen LogP contribution in [-0.4, -0.2) is 19.5 Å². The number of quaternary nitrogens is 1. The number of amides is 1. The molecule has 0 aliphatic carbocycles. The van der Waals surface area contributed by atoms with Crippen LogP contribution in [0, 0.1) is 6.92 Å². The molecule has 2 aromatic carbocycles. The van der Waals surface area contributed by atoms with Gasteiger partial charge in [-0.1, -0.05) is 48.0 Å². The van der Waals surface area contributed by atoms with Crippen molar-refractivity contribution in [2.24, 2.45) is 0 Å². The minimum atomic E-state index is -0.146. The molecule has 3 rings (SSSR count). The van der Waals surface area contributed by atoms with Gasteiger partial charge in [-0.3, -0.25) is 4.79 Å². The van der Waals surface area contributed by atoms with Crippen molar-refractivity contribution in [2.45, 2.75) is 26.4 Å². The average Bonchev–Trinajstić information content (AvgIpc) is 3.01. The Kier molecular flexibility index (Phi) is 5.19. The largest absolute Gasteiger partial charge is 0.459 e. The van der Waals surface area contributed by atoms with Gasteiger partial charge in [-0.25, -0.2) is 0 Å². The molecule has 0 bridgehead atoms. The molecule has 1 unspecified atom stereocenters. The number of hydrogen-bond acceptors (Lipinski definition) is 2. The fourth-order valence-electron chi connectivity index (χ4n) is 2.97. The van der Waals surface area contributed by atoms with Gasteiger partial charge < -0.3 is 14.6 Å². The summed E-state index contributed by atoms with van der Waals surface area (Å²) >= 11 is 0. The molecule has 0 spiro atoms. The highest BCUT2D eigenvalue weighted by atomic mass is 16.3. The molecule has 1 amide bonds. The van der Waals surface area contributed by atoms with Crippen LogP contribution in [0.4, 0.5) is 0 Å². The van der Waals surface area contributed by atoms with Crippen molar-refractivity contribution >= 4 is 16.9 Å². The van der Waals surface area contributed by atoms with Gasteiger partial charge >= 0.3 is 0 Å². The molecule has 4 nitrogen and oxygen atoms in total. The molecule has 2 atom stereocenters. The first kappa shape index (κ1) is 17.2. The molecule has 2 N–H and O–H groups in total. The van der Waals surface area contributed by atoms with Crippen LogP contribution in [0.1, 0.15) is 29.9 Å². The van der Waals surface area contributed by atoms with E-state index in [2.05, 4.69) is 36.5 Å². The van der Waals surface area contributed by atoms with Gasteiger partial charge in [-0.15, -0.1) is 0 Å². The first-order valence-corrected chi connectivity index (χ1v) is 8.66. The molecular formula is C21H25N2O2+. The van der Waals surface area contributed by atoms with Gasteiger partial charge in [-0.2, -0.15) is 0 Å². The molecule has 4 heteroatoms. The van der Waals surface area contributed by atoms with E-state index in [0.29, 0.717) is 6.54 Å². The second-order valence-electron chi connectivity index (χ2n) is 6.77. The lowest BCUT2D eigenvalue weighted by molar-refractivity contribution is -0.885. The molecule has 25 heavy (non-hydrogen) atoms. The van der Waals surface area contributed by atoms with Crippen LogP contribution in [0.15, 0.2) is 59.0 Å². The molecule has 0 aliphatic heterocycles. The van der Waals surface area contributed by atoms with Gasteiger partial charge in [0.2, 0.25) is 0 Å². The molecule has 0 saturated heterocycles. The summed E-state index contributed by atoms with van der Waals surface area (Å²) < 4.78 is 5.82. The second-order valence-corrected chi connectivity index (χ2v) is 6.77. The van der Waals surface area contributed by atoms with E-state index in [4.69, 9.17) is 4.42 Å². The number of furan rings is 1. The number of rotatable bonds is 6. The third kappa shape index (κ3) is 4.48. The average molecular weight is 337 g/mol. The summed E-state index contributed by atoms with van der Waals surface area (Å²) in [5, 5.41) is 4.09. The second kappa shape index (κ2) is 7.53. The van der Waals surface area contributed by atoms with E-state index in [1.807, 2.05) is 44.3 Å². The number of para-hydroxylation sites is 1. The standard InChI is InChI=1S/C21H24N2O2/c1-15-8-10-17(11-9-15)13-23(3)14-21(24)22-16(2)20-12-18-6-4-5-7-19(18)25-20/h4-12,16H,13-14H2,1-3H3,(H,22,24)/p+1/t16-/m1/s1. The quantitative estimate of drug-likeness (QED) is 0.726. The maximum Gasteiger partial charge on any atom is 0.275 e. The summed E-state index contributed by atoms with van der Waals surface area (Å²) in [4.78, 5) is 13.5. The highest BCUT2D eigenvalue weighted by Crippen LogP contribution is 2.23. The summed E-state index contributed by atoms with van der Waals surface area (Å²) in [7, 11) is 2.03. The molecule has 0 saturated carbocycles. The third-order valence-electron chi connectivity index (χ3n) is 4.34. The van der Waals surface area contributed by atoms with E-state index >= 15 is 0 Å². The van der Waals surface area contributed by atoms with Crippen LogP contribution in [0.25, 0.3) is 11.0 Å². The first-order valence-electron chi connectivity index (χ1n) is 8.66. The fraction of sp³-hybridized carbons (Fsp3) is 0.286. The summed E-state index contributed by atoms with van der Waals surface area (Å²) in [5.41, 5.74) is 3.33. The first-order chi connectivity index (χ1) is 12.0. The van der Waals surface area contributed by atoms with E-state index in [9.17, 15) is 4.79 Å². The number of carbonyl (C=O) groups excluding carboxylic acids is 1. The zero-order chi connectivity index (χ0) is 17.8. The number of aryl methyl sites for hydroxylation is 1. The van der Waals surface area contributed by atoms with Crippen molar-refractivity contribution < 1.29 is 14.1 Å². The number of likely N-dealkylation sites (N-methyl/N-ethyl adjacent to an activating group) is 1. The lowest BCUT2D eigenvalue weighted by atomic mass is 10.1. The lowest BCUT2D eigenvalue weighted by Crippen LogP contribution is -3.08. The van der Waals surface area contributed by atoms with Crippen molar-refractivity contribution in [1.29, 1.82) is 0 Å². The summed E-state index contributed by atoms with van der Waals surface area (Å²) in [5.74, 6) is 0.809. The Morgan fingerprint density at radius 2 is 1.88 bits per heavy atom. The van der Waals surface area contributed by atoms with Gasteiger partial charge in [0.25, 0.3) is 5.91 Å². The lowest BCUT2D eigenvalue weighted by Gasteiger charge is -2.16. The molecule has 0 aliphatic rings. The van der Waals surface area contributed by atoms with E-state index in [1.54, 1.807) is 0 Å². The number of nitrogens with one attached hydrogen (secondary N) is 2. The Morgan fingerprint density at radius 1 is 1.16 bits per heavy atom. The third-order valence-corrected chi connectivity index (χ3v) is 4.34. The van der Waals surface area contributed by atoms with E-state index in [1.165, 1.54) is 11.1 Å². The normalized spacial score (nSPS) is 13.6. The molecule has 3 aromatic rings. The maximum atomic E-state index is 12.3. The zero-order valence-corrected chi connectivity index (χ0v) is 15.0. The molecular weight excluding hydrogens is 312 g/mol. The molecule has 1 aromatic heterocycles. The van der Waals surface area contributed by atoms with Crippen molar-refractivity contribution in [3.8, 4) is 0 Å². The van der Waals surface area contributed by atoms with E-state index < -0.39 is 0 Å². The van der Waals surface area contributed by atoms with Crippen molar-refractivity contribution in [1.82, 2.24) is 5.32 Å². The Morgan fingerprint density at radius 3 is 2.60 bits per heavy atom. The van der Waals surface area contributed by atoms with Gasteiger partial charge in [0.15, 0.2) is 6.54 Å². The summed E-state index contributed by atoms with van der Waals surface area (Å²) in [6, 6.07) is 18.2. The van der Waals surface area contributed by atoms with Gasteiger partial charge in [0.05, 0.1) is 13.1 Å². The van der Waals surface area contributed by atoms with Gasteiger partial charge in [-0.05, 0) is 26.0 Å². The van der Waals surface area contributed by atoms with Crippen LogP contribution >= 0.6 is 0 Å². The molecule has 0 radical (unpaired) electrons. The molecule has 0 fully saturated rings.